The minimum absolute atomic E-state index is 0.169. The van der Waals surface area contributed by atoms with Crippen molar-refractivity contribution in [2.75, 3.05) is 20.8 Å². The molecule has 24 heavy (non-hydrogen) atoms. The van der Waals surface area contributed by atoms with Gasteiger partial charge >= 0.3 is 0 Å². The number of carbonyl (C=O) groups is 1. The molecule has 0 saturated carbocycles. The minimum Gasteiger partial charge on any atom is -0.497 e. The van der Waals surface area contributed by atoms with Gasteiger partial charge in [-0.15, -0.1) is 0 Å². The van der Waals surface area contributed by atoms with Crippen LogP contribution in [0.15, 0.2) is 52.0 Å². The van der Waals surface area contributed by atoms with E-state index in [-0.39, 0.29) is 12.5 Å². The molecule has 0 aliphatic rings. The highest BCUT2D eigenvalue weighted by Crippen LogP contribution is 2.29. The van der Waals surface area contributed by atoms with Crippen molar-refractivity contribution in [3.05, 3.63) is 52.5 Å². The Bertz CT molecular complexity index is 717. The van der Waals surface area contributed by atoms with Crippen LogP contribution in [0.3, 0.4) is 0 Å². The molecule has 0 fully saturated rings. The second-order valence-corrected chi connectivity index (χ2v) is 5.57. The molecule has 0 aliphatic heterocycles. The molecule has 2 rings (SSSR count). The average Bonchev–Trinajstić information content (AvgIpc) is 2.61. The van der Waals surface area contributed by atoms with E-state index >= 15 is 0 Å². The SMILES string of the molecule is COc1ccc(/C=N\NC(=O)COc2ccc(Br)cc2OC)cc1. The van der Waals surface area contributed by atoms with Gasteiger partial charge in [0.05, 0.1) is 20.4 Å². The topological polar surface area (TPSA) is 69.2 Å². The fourth-order valence-electron chi connectivity index (χ4n) is 1.81. The van der Waals surface area contributed by atoms with E-state index in [2.05, 4.69) is 26.5 Å². The van der Waals surface area contributed by atoms with Crippen molar-refractivity contribution in [2.45, 2.75) is 0 Å². The number of carbonyl (C=O) groups excluding carboxylic acids is 1. The summed E-state index contributed by atoms with van der Waals surface area (Å²) in [7, 11) is 3.14. The molecule has 7 heteroatoms. The van der Waals surface area contributed by atoms with E-state index in [1.165, 1.54) is 13.3 Å². The van der Waals surface area contributed by atoms with Crippen molar-refractivity contribution < 1.29 is 19.0 Å². The lowest BCUT2D eigenvalue weighted by molar-refractivity contribution is -0.123. The van der Waals surface area contributed by atoms with Crippen LogP contribution >= 0.6 is 15.9 Å². The summed E-state index contributed by atoms with van der Waals surface area (Å²) in [5.74, 6) is 1.41. The summed E-state index contributed by atoms with van der Waals surface area (Å²) in [6.07, 6.45) is 1.54. The predicted molar refractivity (Wildman–Crippen MR) is 94.9 cm³/mol. The number of hydrazone groups is 1. The van der Waals surface area contributed by atoms with E-state index in [0.717, 1.165) is 15.8 Å². The van der Waals surface area contributed by atoms with Gasteiger partial charge in [0.25, 0.3) is 5.91 Å². The van der Waals surface area contributed by atoms with Gasteiger partial charge in [0.1, 0.15) is 5.75 Å². The first-order valence-electron chi connectivity index (χ1n) is 7.04. The minimum atomic E-state index is -0.371. The molecule has 2 aromatic rings. The highest BCUT2D eigenvalue weighted by molar-refractivity contribution is 9.10. The monoisotopic (exact) mass is 392 g/mol. The number of hydrogen-bond acceptors (Lipinski definition) is 5. The zero-order valence-electron chi connectivity index (χ0n) is 13.3. The van der Waals surface area contributed by atoms with Gasteiger partial charge in [-0.3, -0.25) is 4.79 Å². The third-order valence-electron chi connectivity index (χ3n) is 3.00. The molecule has 0 aliphatic carbocycles. The summed E-state index contributed by atoms with van der Waals surface area (Å²) in [6.45, 7) is -0.169. The van der Waals surface area contributed by atoms with Gasteiger partial charge in [-0.05, 0) is 48.0 Å². The summed E-state index contributed by atoms with van der Waals surface area (Å²) >= 11 is 3.34. The second-order valence-electron chi connectivity index (χ2n) is 4.65. The number of nitrogens with zero attached hydrogens (tertiary/aromatic N) is 1. The summed E-state index contributed by atoms with van der Waals surface area (Å²) in [4.78, 5) is 11.8. The summed E-state index contributed by atoms with van der Waals surface area (Å²) in [5.41, 5.74) is 3.24. The zero-order valence-corrected chi connectivity index (χ0v) is 14.9. The highest BCUT2D eigenvalue weighted by Gasteiger charge is 2.07. The van der Waals surface area contributed by atoms with Crippen LogP contribution in [-0.2, 0) is 4.79 Å². The first-order chi connectivity index (χ1) is 11.6. The lowest BCUT2D eigenvalue weighted by atomic mass is 10.2. The number of rotatable bonds is 7. The fraction of sp³-hybridized carbons (Fsp3) is 0.176. The molecule has 6 nitrogen and oxygen atoms in total. The van der Waals surface area contributed by atoms with Crippen LogP contribution in [-0.4, -0.2) is 32.9 Å². The Kier molecular flexibility index (Phi) is 6.62. The lowest BCUT2D eigenvalue weighted by Gasteiger charge is -2.10. The molecule has 0 radical (unpaired) electrons. The maximum atomic E-state index is 11.8. The average molecular weight is 393 g/mol. The van der Waals surface area contributed by atoms with E-state index in [4.69, 9.17) is 14.2 Å². The smallest absolute Gasteiger partial charge is 0.277 e. The zero-order chi connectivity index (χ0) is 17.4. The number of benzene rings is 2. The van der Waals surface area contributed by atoms with Crippen molar-refractivity contribution in [3.63, 3.8) is 0 Å². The summed E-state index contributed by atoms with van der Waals surface area (Å²) < 4.78 is 16.5. The largest absolute Gasteiger partial charge is 0.497 e. The van der Waals surface area contributed by atoms with E-state index in [1.807, 2.05) is 24.3 Å². The Morgan fingerprint density at radius 1 is 1.12 bits per heavy atom. The van der Waals surface area contributed by atoms with Crippen LogP contribution in [0.25, 0.3) is 0 Å². The van der Waals surface area contributed by atoms with Crippen molar-refractivity contribution in [1.82, 2.24) is 5.43 Å². The van der Waals surface area contributed by atoms with Crippen molar-refractivity contribution in [3.8, 4) is 17.2 Å². The highest BCUT2D eigenvalue weighted by atomic mass is 79.9. The molecule has 0 bridgehead atoms. The molecule has 126 valence electrons. The van der Waals surface area contributed by atoms with Crippen LogP contribution in [0.1, 0.15) is 5.56 Å². The van der Waals surface area contributed by atoms with Gasteiger partial charge in [-0.1, -0.05) is 15.9 Å². The van der Waals surface area contributed by atoms with Gasteiger partial charge < -0.3 is 14.2 Å². The molecule has 0 unspecified atom stereocenters. The third kappa shape index (κ3) is 5.27. The summed E-state index contributed by atoms with van der Waals surface area (Å²) in [6, 6.07) is 12.6. The van der Waals surface area contributed by atoms with Crippen molar-refractivity contribution in [2.24, 2.45) is 5.10 Å². The molecule has 1 N–H and O–H groups in total. The molecular formula is C17H17BrN2O4. The van der Waals surface area contributed by atoms with Crippen LogP contribution < -0.4 is 19.6 Å². The van der Waals surface area contributed by atoms with Crippen LogP contribution in [0.4, 0.5) is 0 Å². The molecule has 0 aromatic heterocycles. The number of methoxy groups -OCH3 is 2. The Morgan fingerprint density at radius 3 is 2.54 bits per heavy atom. The Morgan fingerprint density at radius 2 is 1.88 bits per heavy atom. The first kappa shape index (κ1) is 17.8. The van der Waals surface area contributed by atoms with Gasteiger partial charge in [-0.2, -0.15) is 5.10 Å². The van der Waals surface area contributed by atoms with Crippen molar-refractivity contribution in [1.29, 1.82) is 0 Å². The maximum Gasteiger partial charge on any atom is 0.277 e. The quantitative estimate of drug-likeness (QED) is 0.580. The molecule has 0 heterocycles. The number of nitrogens with one attached hydrogen (secondary N) is 1. The van der Waals surface area contributed by atoms with Gasteiger partial charge in [0, 0.05) is 4.47 Å². The summed E-state index contributed by atoms with van der Waals surface area (Å²) in [5, 5.41) is 3.88. The van der Waals surface area contributed by atoms with E-state index < -0.39 is 0 Å². The van der Waals surface area contributed by atoms with Crippen LogP contribution in [0, 0.1) is 0 Å². The molecule has 2 aromatic carbocycles. The fourth-order valence-corrected chi connectivity index (χ4v) is 2.15. The number of ether oxygens (including phenoxy) is 3. The Balaban J connectivity index is 1.83. The maximum absolute atomic E-state index is 11.8. The Hall–Kier alpha value is -2.54. The Labute approximate surface area is 148 Å². The number of hydrogen-bond donors (Lipinski definition) is 1. The predicted octanol–water partition coefficient (Wildman–Crippen LogP) is 3.00. The second kappa shape index (κ2) is 8.93. The molecule has 1 amide bonds. The van der Waals surface area contributed by atoms with Crippen molar-refractivity contribution >= 4 is 28.1 Å². The molecular weight excluding hydrogens is 376 g/mol. The number of halogens is 1. The first-order valence-corrected chi connectivity index (χ1v) is 7.84. The lowest BCUT2D eigenvalue weighted by Crippen LogP contribution is -2.24. The van der Waals surface area contributed by atoms with Gasteiger partial charge in [-0.25, -0.2) is 5.43 Å². The van der Waals surface area contributed by atoms with Gasteiger partial charge in [0.2, 0.25) is 0 Å². The van der Waals surface area contributed by atoms with Gasteiger partial charge in [0.15, 0.2) is 18.1 Å². The van der Waals surface area contributed by atoms with Crippen LogP contribution in [0.5, 0.6) is 17.2 Å². The normalized spacial score (nSPS) is 10.5. The van der Waals surface area contributed by atoms with E-state index in [0.29, 0.717) is 11.5 Å². The molecule has 0 spiro atoms. The third-order valence-corrected chi connectivity index (χ3v) is 3.50. The van der Waals surface area contributed by atoms with E-state index in [1.54, 1.807) is 25.3 Å². The van der Waals surface area contributed by atoms with Crippen LogP contribution in [0.2, 0.25) is 0 Å². The standard InChI is InChI=1S/C17H17BrN2O4/c1-22-14-6-3-12(4-7-14)10-19-20-17(21)11-24-15-8-5-13(18)9-16(15)23-2/h3-10H,11H2,1-2H3,(H,20,21)/b19-10-. The molecule has 0 atom stereocenters. The van der Waals surface area contributed by atoms with E-state index in [9.17, 15) is 4.79 Å². The number of amides is 1. The molecule has 0 saturated heterocycles.